The van der Waals surface area contributed by atoms with Crippen LogP contribution in [0.1, 0.15) is 10.6 Å². The Morgan fingerprint density at radius 3 is 2.70 bits per heavy atom. The van der Waals surface area contributed by atoms with Crippen molar-refractivity contribution in [3.05, 3.63) is 69.6 Å². The Labute approximate surface area is 127 Å². The van der Waals surface area contributed by atoms with Crippen LogP contribution in [0.4, 0.5) is 0 Å². The Hall–Kier alpha value is -1.55. The second-order valence-corrected chi connectivity index (χ2v) is 5.87. The van der Waals surface area contributed by atoms with Crippen LogP contribution < -0.4 is 5.32 Å². The van der Waals surface area contributed by atoms with Crippen molar-refractivity contribution in [3.63, 3.8) is 0 Å². The van der Waals surface area contributed by atoms with Crippen molar-refractivity contribution < 1.29 is 4.42 Å². The maximum atomic E-state index is 6.17. The molecule has 0 aliphatic carbocycles. The number of rotatable bonds is 5. The Morgan fingerprint density at radius 1 is 1.00 bits per heavy atom. The summed E-state index contributed by atoms with van der Waals surface area (Å²) in [5, 5.41) is 6.16. The molecular weight excluding hydrogens is 290 g/mol. The lowest BCUT2D eigenvalue weighted by atomic mass is 10.2. The minimum Gasteiger partial charge on any atom is -0.460 e. The topological polar surface area (TPSA) is 25.2 Å². The second kappa shape index (κ2) is 6.27. The van der Waals surface area contributed by atoms with Gasteiger partial charge in [-0.05, 0) is 35.7 Å². The van der Waals surface area contributed by atoms with Crippen LogP contribution in [-0.4, -0.2) is 0 Å². The van der Waals surface area contributed by atoms with E-state index in [1.807, 2.05) is 36.4 Å². The van der Waals surface area contributed by atoms with E-state index in [4.69, 9.17) is 16.0 Å². The zero-order valence-corrected chi connectivity index (χ0v) is 12.4. The molecule has 0 saturated heterocycles. The third-order valence-electron chi connectivity index (χ3n) is 2.98. The minimum atomic E-state index is 0.708. The first kappa shape index (κ1) is 13.4. The number of benzene rings is 1. The zero-order valence-electron chi connectivity index (χ0n) is 10.8. The molecule has 0 spiro atoms. The molecule has 102 valence electrons. The lowest BCUT2D eigenvalue weighted by molar-refractivity contribution is 0.494. The van der Waals surface area contributed by atoms with E-state index in [0.717, 1.165) is 23.6 Å². The zero-order chi connectivity index (χ0) is 13.8. The average molecular weight is 304 g/mol. The van der Waals surface area contributed by atoms with Crippen LogP contribution in [-0.2, 0) is 13.1 Å². The molecule has 1 N–H and O–H groups in total. The summed E-state index contributed by atoms with van der Waals surface area (Å²) in [6, 6.07) is 15.8. The maximum absolute atomic E-state index is 6.17. The van der Waals surface area contributed by atoms with Crippen LogP contribution in [0.3, 0.4) is 0 Å². The lowest BCUT2D eigenvalue weighted by Crippen LogP contribution is -2.10. The summed E-state index contributed by atoms with van der Waals surface area (Å²) in [7, 11) is 0. The summed E-state index contributed by atoms with van der Waals surface area (Å²) < 4.78 is 5.83. The highest BCUT2D eigenvalue weighted by Crippen LogP contribution is 2.28. The van der Waals surface area contributed by atoms with E-state index in [2.05, 4.69) is 22.8 Å². The molecule has 0 amide bonds. The van der Waals surface area contributed by atoms with E-state index in [-0.39, 0.29) is 0 Å². The summed E-state index contributed by atoms with van der Waals surface area (Å²) >= 11 is 7.92. The predicted octanol–water partition coefficient (Wildman–Crippen LogP) is 4.95. The molecule has 2 nitrogen and oxygen atoms in total. The second-order valence-electron chi connectivity index (χ2n) is 4.43. The average Bonchev–Trinajstić information content (AvgIpc) is 3.11. The third kappa shape index (κ3) is 3.12. The standard InChI is InChI=1S/C16H14ClNOS/c17-15-6-2-1-5-14(15)16-8-7-12(19-16)10-18-11-13-4-3-9-20-13/h1-9,18H,10-11H2. The molecule has 0 fully saturated rings. The number of hydrogen-bond donors (Lipinski definition) is 1. The van der Waals surface area contributed by atoms with E-state index >= 15 is 0 Å². The van der Waals surface area contributed by atoms with Gasteiger partial charge >= 0.3 is 0 Å². The summed E-state index contributed by atoms with van der Waals surface area (Å²) in [6.45, 7) is 1.57. The van der Waals surface area contributed by atoms with Crippen molar-refractivity contribution in [2.45, 2.75) is 13.1 Å². The summed E-state index contributed by atoms with van der Waals surface area (Å²) in [4.78, 5) is 1.32. The summed E-state index contributed by atoms with van der Waals surface area (Å²) in [6.07, 6.45) is 0. The van der Waals surface area contributed by atoms with Gasteiger partial charge in [0.2, 0.25) is 0 Å². The quantitative estimate of drug-likeness (QED) is 0.721. The van der Waals surface area contributed by atoms with Gasteiger partial charge in [-0.15, -0.1) is 11.3 Å². The maximum Gasteiger partial charge on any atom is 0.135 e. The minimum absolute atomic E-state index is 0.708. The van der Waals surface area contributed by atoms with Crippen LogP contribution in [0.2, 0.25) is 5.02 Å². The largest absolute Gasteiger partial charge is 0.460 e. The fourth-order valence-corrected chi connectivity index (χ4v) is 2.90. The van der Waals surface area contributed by atoms with Gasteiger partial charge in [-0.3, -0.25) is 0 Å². The van der Waals surface area contributed by atoms with Gasteiger partial charge in [0.05, 0.1) is 11.6 Å². The molecule has 2 heterocycles. The van der Waals surface area contributed by atoms with Crippen molar-refractivity contribution in [2.75, 3.05) is 0 Å². The van der Waals surface area contributed by atoms with Crippen LogP contribution in [0.5, 0.6) is 0 Å². The van der Waals surface area contributed by atoms with Gasteiger partial charge < -0.3 is 9.73 Å². The van der Waals surface area contributed by atoms with Gasteiger partial charge in [0.25, 0.3) is 0 Å². The molecule has 0 bridgehead atoms. The van der Waals surface area contributed by atoms with E-state index in [1.165, 1.54) is 4.88 Å². The molecule has 0 saturated carbocycles. The van der Waals surface area contributed by atoms with Crippen molar-refractivity contribution in [1.29, 1.82) is 0 Å². The number of furan rings is 1. The van der Waals surface area contributed by atoms with Crippen LogP contribution in [0.15, 0.2) is 58.3 Å². The van der Waals surface area contributed by atoms with Crippen LogP contribution >= 0.6 is 22.9 Å². The number of hydrogen-bond acceptors (Lipinski definition) is 3. The predicted molar refractivity (Wildman–Crippen MR) is 84.0 cm³/mol. The first-order chi connectivity index (χ1) is 9.83. The first-order valence-corrected chi connectivity index (χ1v) is 7.65. The highest BCUT2D eigenvalue weighted by molar-refractivity contribution is 7.09. The highest BCUT2D eigenvalue weighted by Gasteiger charge is 2.07. The van der Waals surface area contributed by atoms with E-state index < -0.39 is 0 Å². The molecule has 2 aromatic heterocycles. The molecule has 1 aromatic carbocycles. The molecule has 0 unspecified atom stereocenters. The van der Waals surface area contributed by atoms with Gasteiger partial charge in [-0.25, -0.2) is 0 Å². The van der Waals surface area contributed by atoms with Crippen LogP contribution in [0, 0.1) is 0 Å². The van der Waals surface area contributed by atoms with Gasteiger partial charge in [0.15, 0.2) is 0 Å². The number of nitrogens with one attached hydrogen (secondary N) is 1. The third-order valence-corrected chi connectivity index (χ3v) is 4.19. The van der Waals surface area contributed by atoms with Gasteiger partial charge in [-0.1, -0.05) is 29.8 Å². The monoisotopic (exact) mass is 303 g/mol. The molecule has 0 aliphatic rings. The number of thiophene rings is 1. The molecular formula is C16H14ClNOS. The van der Waals surface area contributed by atoms with Crippen molar-refractivity contribution >= 4 is 22.9 Å². The number of halogens is 1. The highest BCUT2D eigenvalue weighted by atomic mass is 35.5. The lowest BCUT2D eigenvalue weighted by Gasteiger charge is -2.01. The Morgan fingerprint density at radius 2 is 1.90 bits per heavy atom. The molecule has 0 radical (unpaired) electrons. The van der Waals surface area contributed by atoms with Gasteiger partial charge in [0, 0.05) is 17.0 Å². The van der Waals surface area contributed by atoms with Crippen LogP contribution in [0.25, 0.3) is 11.3 Å². The first-order valence-electron chi connectivity index (χ1n) is 6.39. The molecule has 0 aliphatic heterocycles. The van der Waals surface area contributed by atoms with E-state index in [1.54, 1.807) is 11.3 Å². The van der Waals surface area contributed by atoms with Crippen molar-refractivity contribution in [2.24, 2.45) is 0 Å². The smallest absolute Gasteiger partial charge is 0.135 e. The summed E-state index contributed by atoms with van der Waals surface area (Å²) in [5.41, 5.74) is 0.929. The Kier molecular flexibility index (Phi) is 4.21. The molecule has 20 heavy (non-hydrogen) atoms. The normalized spacial score (nSPS) is 10.8. The molecule has 0 atom stereocenters. The molecule has 4 heteroatoms. The molecule has 3 rings (SSSR count). The Balaban J connectivity index is 1.64. The van der Waals surface area contributed by atoms with E-state index in [9.17, 15) is 0 Å². The molecule has 3 aromatic rings. The fraction of sp³-hybridized carbons (Fsp3) is 0.125. The van der Waals surface area contributed by atoms with Crippen molar-refractivity contribution in [1.82, 2.24) is 5.32 Å². The summed E-state index contributed by atoms with van der Waals surface area (Å²) in [5.74, 6) is 1.72. The van der Waals surface area contributed by atoms with E-state index in [0.29, 0.717) is 11.6 Å². The van der Waals surface area contributed by atoms with Gasteiger partial charge in [0.1, 0.15) is 11.5 Å². The SMILES string of the molecule is Clc1ccccc1-c1ccc(CNCc2cccs2)o1. The Bertz CT molecular complexity index is 675. The van der Waals surface area contributed by atoms with Crippen molar-refractivity contribution in [3.8, 4) is 11.3 Å². The van der Waals surface area contributed by atoms with Gasteiger partial charge in [-0.2, -0.15) is 0 Å². The fourth-order valence-electron chi connectivity index (χ4n) is 2.00.